The SMILES string of the molecule is O=C(CNC1CC2CCC1C2)NC1CCCCCC1. The Morgan fingerprint density at radius 1 is 0.947 bits per heavy atom. The lowest BCUT2D eigenvalue weighted by molar-refractivity contribution is -0.121. The van der Waals surface area contributed by atoms with Gasteiger partial charge in [-0.05, 0) is 43.9 Å². The molecule has 2 bridgehead atoms. The van der Waals surface area contributed by atoms with Gasteiger partial charge in [0.1, 0.15) is 0 Å². The predicted octanol–water partition coefficient (Wildman–Crippen LogP) is 2.60. The zero-order valence-corrected chi connectivity index (χ0v) is 12.0. The minimum atomic E-state index is 0.217. The number of carbonyl (C=O) groups is 1. The van der Waals surface area contributed by atoms with Crippen LogP contribution < -0.4 is 10.6 Å². The lowest BCUT2D eigenvalue weighted by Gasteiger charge is -2.23. The van der Waals surface area contributed by atoms with E-state index >= 15 is 0 Å². The van der Waals surface area contributed by atoms with Crippen molar-refractivity contribution in [2.45, 2.75) is 76.3 Å². The number of hydrogen-bond acceptors (Lipinski definition) is 2. The van der Waals surface area contributed by atoms with Crippen molar-refractivity contribution in [3.63, 3.8) is 0 Å². The highest BCUT2D eigenvalue weighted by Crippen LogP contribution is 2.44. The molecule has 3 fully saturated rings. The molecular formula is C16H28N2O. The highest BCUT2D eigenvalue weighted by Gasteiger charge is 2.39. The maximum Gasteiger partial charge on any atom is 0.234 e. The van der Waals surface area contributed by atoms with Crippen LogP contribution in [0.2, 0.25) is 0 Å². The van der Waals surface area contributed by atoms with Crippen LogP contribution in [-0.2, 0) is 4.79 Å². The molecule has 3 heteroatoms. The second kappa shape index (κ2) is 6.25. The zero-order valence-electron chi connectivity index (χ0n) is 12.0. The second-order valence-corrected chi connectivity index (χ2v) is 6.92. The van der Waals surface area contributed by atoms with Crippen molar-refractivity contribution >= 4 is 5.91 Å². The molecule has 0 aromatic carbocycles. The Morgan fingerprint density at radius 2 is 1.74 bits per heavy atom. The number of carbonyl (C=O) groups excluding carboxylic acids is 1. The zero-order chi connectivity index (χ0) is 13.1. The van der Waals surface area contributed by atoms with Gasteiger partial charge in [0.2, 0.25) is 5.91 Å². The van der Waals surface area contributed by atoms with Gasteiger partial charge in [0.05, 0.1) is 6.54 Å². The van der Waals surface area contributed by atoms with Crippen molar-refractivity contribution < 1.29 is 4.79 Å². The highest BCUT2D eigenvalue weighted by atomic mass is 16.1. The number of fused-ring (bicyclic) bond motifs is 2. The summed E-state index contributed by atoms with van der Waals surface area (Å²) in [5.74, 6) is 2.03. The number of hydrogen-bond donors (Lipinski definition) is 2. The fourth-order valence-electron chi connectivity index (χ4n) is 4.42. The van der Waals surface area contributed by atoms with E-state index in [9.17, 15) is 4.79 Å². The lowest BCUT2D eigenvalue weighted by atomic mass is 9.95. The molecule has 0 aromatic rings. The second-order valence-electron chi connectivity index (χ2n) is 6.92. The van der Waals surface area contributed by atoms with Crippen LogP contribution >= 0.6 is 0 Å². The van der Waals surface area contributed by atoms with Crippen LogP contribution in [0.5, 0.6) is 0 Å². The highest BCUT2D eigenvalue weighted by molar-refractivity contribution is 5.78. The first-order valence-electron chi connectivity index (χ1n) is 8.34. The summed E-state index contributed by atoms with van der Waals surface area (Å²) in [7, 11) is 0. The smallest absolute Gasteiger partial charge is 0.234 e. The van der Waals surface area contributed by atoms with E-state index in [4.69, 9.17) is 0 Å². The number of rotatable bonds is 4. The van der Waals surface area contributed by atoms with E-state index in [1.54, 1.807) is 0 Å². The third-order valence-corrected chi connectivity index (χ3v) is 5.48. The van der Waals surface area contributed by atoms with Crippen molar-refractivity contribution in [2.75, 3.05) is 6.54 Å². The fraction of sp³-hybridized carbons (Fsp3) is 0.938. The first-order valence-corrected chi connectivity index (χ1v) is 8.34. The van der Waals surface area contributed by atoms with Crippen LogP contribution in [0.4, 0.5) is 0 Å². The molecule has 0 aliphatic heterocycles. The Hall–Kier alpha value is -0.570. The molecule has 19 heavy (non-hydrogen) atoms. The number of amides is 1. The van der Waals surface area contributed by atoms with Gasteiger partial charge in [-0.3, -0.25) is 4.79 Å². The van der Waals surface area contributed by atoms with E-state index in [-0.39, 0.29) is 5.91 Å². The summed E-state index contributed by atoms with van der Waals surface area (Å²) in [5.41, 5.74) is 0. The maximum atomic E-state index is 12.0. The fourth-order valence-corrected chi connectivity index (χ4v) is 4.42. The molecular weight excluding hydrogens is 236 g/mol. The van der Waals surface area contributed by atoms with Gasteiger partial charge in [-0.2, -0.15) is 0 Å². The first-order chi connectivity index (χ1) is 9.31. The van der Waals surface area contributed by atoms with E-state index in [0.717, 1.165) is 11.8 Å². The lowest BCUT2D eigenvalue weighted by Crippen LogP contribution is -2.44. The molecule has 0 radical (unpaired) electrons. The van der Waals surface area contributed by atoms with Gasteiger partial charge in [0.15, 0.2) is 0 Å². The molecule has 1 amide bonds. The molecule has 3 rings (SSSR count). The minimum absolute atomic E-state index is 0.217. The van der Waals surface area contributed by atoms with Crippen molar-refractivity contribution in [3.8, 4) is 0 Å². The van der Waals surface area contributed by atoms with E-state index in [1.165, 1.54) is 64.2 Å². The Morgan fingerprint density at radius 3 is 2.37 bits per heavy atom. The van der Waals surface area contributed by atoms with Crippen LogP contribution in [0, 0.1) is 11.8 Å². The van der Waals surface area contributed by atoms with E-state index < -0.39 is 0 Å². The molecule has 2 N–H and O–H groups in total. The summed E-state index contributed by atoms with van der Waals surface area (Å²) in [6.45, 7) is 0.532. The average molecular weight is 264 g/mol. The van der Waals surface area contributed by atoms with Gasteiger partial charge < -0.3 is 10.6 Å². The van der Waals surface area contributed by atoms with Crippen LogP contribution in [0.25, 0.3) is 0 Å². The molecule has 3 saturated carbocycles. The van der Waals surface area contributed by atoms with E-state index in [0.29, 0.717) is 18.6 Å². The molecule has 3 aliphatic carbocycles. The molecule has 3 atom stereocenters. The Bertz CT molecular complexity index is 310. The van der Waals surface area contributed by atoms with Crippen LogP contribution in [0.1, 0.15) is 64.2 Å². The van der Waals surface area contributed by atoms with Crippen LogP contribution in [0.3, 0.4) is 0 Å². The summed E-state index contributed by atoms with van der Waals surface area (Å²) in [6, 6.07) is 1.07. The Balaban J connectivity index is 1.36. The van der Waals surface area contributed by atoms with Crippen LogP contribution in [-0.4, -0.2) is 24.5 Å². The largest absolute Gasteiger partial charge is 0.352 e. The first kappa shape index (κ1) is 13.4. The van der Waals surface area contributed by atoms with Gasteiger partial charge in [0.25, 0.3) is 0 Å². The van der Waals surface area contributed by atoms with Crippen molar-refractivity contribution in [3.05, 3.63) is 0 Å². The molecule has 0 aromatic heterocycles. The van der Waals surface area contributed by atoms with Gasteiger partial charge in [-0.15, -0.1) is 0 Å². The minimum Gasteiger partial charge on any atom is -0.352 e. The molecule has 3 aliphatic rings. The van der Waals surface area contributed by atoms with E-state index in [2.05, 4.69) is 10.6 Å². The maximum absolute atomic E-state index is 12.0. The van der Waals surface area contributed by atoms with Gasteiger partial charge in [0, 0.05) is 12.1 Å². The average Bonchev–Trinajstić information content (AvgIpc) is 2.94. The summed E-state index contributed by atoms with van der Waals surface area (Å²) >= 11 is 0. The van der Waals surface area contributed by atoms with Crippen molar-refractivity contribution in [2.24, 2.45) is 11.8 Å². The summed E-state index contributed by atoms with van der Waals surface area (Å²) in [5, 5.41) is 6.73. The van der Waals surface area contributed by atoms with E-state index in [1.807, 2.05) is 0 Å². The predicted molar refractivity (Wildman–Crippen MR) is 76.9 cm³/mol. The molecule has 0 saturated heterocycles. The topological polar surface area (TPSA) is 41.1 Å². The van der Waals surface area contributed by atoms with Crippen LogP contribution in [0.15, 0.2) is 0 Å². The quantitative estimate of drug-likeness (QED) is 0.766. The van der Waals surface area contributed by atoms with Gasteiger partial charge >= 0.3 is 0 Å². The molecule has 0 spiro atoms. The molecule has 0 heterocycles. The standard InChI is InChI=1S/C16H28N2O/c19-16(18-14-5-3-1-2-4-6-14)11-17-15-10-12-7-8-13(15)9-12/h12-15,17H,1-11H2,(H,18,19). The third-order valence-electron chi connectivity index (χ3n) is 5.48. The molecule has 108 valence electrons. The Kier molecular flexibility index (Phi) is 4.42. The monoisotopic (exact) mass is 264 g/mol. The number of nitrogens with one attached hydrogen (secondary N) is 2. The van der Waals surface area contributed by atoms with Gasteiger partial charge in [-0.25, -0.2) is 0 Å². The van der Waals surface area contributed by atoms with Gasteiger partial charge in [-0.1, -0.05) is 32.1 Å². The molecule has 3 nitrogen and oxygen atoms in total. The normalized spacial score (nSPS) is 35.3. The molecule has 3 unspecified atom stereocenters. The summed E-state index contributed by atoms with van der Waals surface area (Å²) in [6.07, 6.45) is 13.1. The summed E-state index contributed by atoms with van der Waals surface area (Å²) in [4.78, 5) is 12.0. The summed E-state index contributed by atoms with van der Waals surface area (Å²) < 4.78 is 0. The third kappa shape index (κ3) is 3.50. The Labute approximate surface area is 116 Å². The van der Waals surface area contributed by atoms with Crippen molar-refractivity contribution in [1.82, 2.24) is 10.6 Å². The van der Waals surface area contributed by atoms with Crippen molar-refractivity contribution in [1.29, 1.82) is 0 Å².